The molecule has 2 aliphatic heterocycles. The van der Waals surface area contributed by atoms with E-state index in [4.69, 9.17) is 0 Å². The molecule has 3 amide bonds. The van der Waals surface area contributed by atoms with E-state index >= 15 is 0 Å². The van der Waals surface area contributed by atoms with E-state index in [0.29, 0.717) is 39.3 Å². The Labute approximate surface area is 174 Å². The fourth-order valence-electron chi connectivity index (χ4n) is 3.83. The summed E-state index contributed by atoms with van der Waals surface area (Å²) in [4.78, 5) is 42.9. The van der Waals surface area contributed by atoms with Gasteiger partial charge in [0, 0.05) is 55.8 Å². The summed E-state index contributed by atoms with van der Waals surface area (Å²) in [7, 11) is 0. The van der Waals surface area contributed by atoms with Crippen LogP contribution in [0.2, 0.25) is 0 Å². The largest absolute Gasteiger partial charge is 0.355 e. The summed E-state index contributed by atoms with van der Waals surface area (Å²) >= 11 is 3.43. The topological polar surface area (TPSA) is 73.0 Å². The Kier molecular flexibility index (Phi) is 7.07. The van der Waals surface area contributed by atoms with Gasteiger partial charge in [0.1, 0.15) is 0 Å². The van der Waals surface area contributed by atoms with Crippen LogP contribution in [0.1, 0.15) is 19.8 Å². The molecule has 2 fully saturated rings. The van der Waals surface area contributed by atoms with Crippen molar-refractivity contribution in [3.05, 3.63) is 28.7 Å². The van der Waals surface area contributed by atoms with Crippen molar-refractivity contribution < 1.29 is 14.4 Å². The van der Waals surface area contributed by atoms with Crippen LogP contribution in [0, 0.1) is 5.92 Å². The van der Waals surface area contributed by atoms with Gasteiger partial charge < -0.3 is 15.1 Å². The Balaban J connectivity index is 1.57. The molecule has 152 valence electrons. The highest BCUT2D eigenvalue weighted by Crippen LogP contribution is 2.28. The van der Waals surface area contributed by atoms with Crippen LogP contribution in [-0.2, 0) is 14.4 Å². The molecule has 1 unspecified atom stereocenters. The number of halogens is 1. The predicted molar refractivity (Wildman–Crippen MR) is 111 cm³/mol. The minimum Gasteiger partial charge on any atom is -0.355 e. The Morgan fingerprint density at radius 1 is 1.21 bits per heavy atom. The average molecular weight is 451 g/mol. The van der Waals surface area contributed by atoms with Crippen molar-refractivity contribution >= 4 is 39.3 Å². The zero-order valence-corrected chi connectivity index (χ0v) is 17.8. The molecule has 1 aromatic carbocycles. The zero-order valence-electron chi connectivity index (χ0n) is 16.2. The van der Waals surface area contributed by atoms with Crippen molar-refractivity contribution in [1.82, 2.24) is 15.1 Å². The molecule has 7 nitrogen and oxygen atoms in total. The van der Waals surface area contributed by atoms with E-state index in [-0.39, 0.29) is 30.1 Å². The molecule has 3 rings (SSSR count). The van der Waals surface area contributed by atoms with E-state index in [2.05, 4.69) is 26.1 Å². The molecular formula is C20H27BrN4O3. The number of carbonyl (C=O) groups excluding carboxylic acids is 3. The highest BCUT2D eigenvalue weighted by atomic mass is 79.9. The monoisotopic (exact) mass is 450 g/mol. The molecule has 2 heterocycles. The second-order valence-electron chi connectivity index (χ2n) is 7.29. The maximum atomic E-state index is 13.0. The molecule has 0 spiro atoms. The summed E-state index contributed by atoms with van der Waals surface area (Å²) in [6, 6.07) is 7.59. The van der Waals surface area contributed by atoms with E-state index in [0.717, 1.165) is 23.1 Å². The van der Waals surface area contributed by atoms with Gasteiger partial charge in [0.25, 0.3) is 0 Å². The number of hydrogen-bond acceptors (Lipinski definition) is 4. The summed E-state index contributed by atoms with van der Waals surface area (Å²) in [5.74, 6) is -0.246. The second kappa shape index (κ2) is 9.52. The van der Waals surface area contributed by atoms with Crippen LogP contribution >= 0.6 is 15.9 Å². The summed E-state index contributed by atoms with van der Waals surface area (Å²) in [5.41, 5.74) is 0.818. The van der Waals surface area contributed by atoms with Crippen molar-refractivity contribution in [2.45, 2.75) is 19.8 Å². The number of amides is 3. The lowest BCUT2D eigenvalue weighted by Gasteiger charge is -2.24. The van der Waals surface area contributed by atoms with Crippen LogP contribution in [0.15, 0.2) is 28.7 Å². The molecule has 2 aliphatic rings. The Bertz CT molecular complexity index is 742. The number of anilines is 1. The van der Waals surface area contributed by atoms with E-state index in [1.165, 1.54) is 0 Å². The normalized spacial score (nSPS) is 20.9. The highest BCUT2D eigenvalue weighted by Gasteiger charge is 2.37. The highest BCUT2D eigenvalue weighted by molar-refractivity contribution is 9.10. The van der Waals surface area contributed by atoms with Gasteiger partial charge in [0.2, 0.25) is 17.7 Å². The molecule has 28 heavy (non-hydrogen) atoms. The van der Waals surface area contributed by atoms with Crippen molar-refractivity contribution in [3.8, 4) is 0 Å². The van der Waals surface area contributed by atoms with Gasteiger partial charge in [-0.3, -0.25) is 19.3 Å². The van der Waals surface area contributed by atoms with Gasteiger partial charge in [-0.1, -0.05) is 22.0 Å². The third-order valence-corrected chi connectivity index (χ3v) is 5.73. The molecule has 2 saturated heterocycles. The SMILES string of the molecule is CCNC(=O)CN1CCCN(C(=O)C2CC(=O)N(c3cccc(Br)c3)C2)CC1. The lowest BCUT2D eigenvalue weighted by molar-refractivity contribution is -0.135. The molecule has 0 saturated carbocycles. The number of nitrogens with zero attached hydrogens (tertiary/aromatic N) is 3. The number of carbonyl (C=O) groups is 3. The number of rotatable bonds is 5. The van der Waals surface area contributed by atoms with Crippen LogP contribution in [-0.4, -0.2) is 73.3 Å². The van der Waals surface area contributed by atoms with Crippen LogP contribution in [0.5, 0.6) is 0 Å². The molecule has 8 heteroatoms. The number of nitrogens with one attached hydrogen (secondary N) is 1. The smallest absolute Gasteiger partial charge is 0.234 e. The first-order valence-electron chi connectivity index (χ1n) is 9.81. The Morgan fingerprint density at radius 3 is 2.79 bits per heavy atom. The van der Waals surface area contributed by atoms with Crippen molar-refractivity contribution in [2.24, 2.45) is 5.92 Å². The van der Waals surface area contributed by atoms with Crippen molar-refractivity contribution in [1.29, 1.82) is 0 Å². The average Bonchev–Trinajstić information content (AvgIpc) is 2.90. The van der Waals surface area contributed by atoms with Crippen LogP contribution in [0.4, 0.5) is 5.69 Å². The number of benzene rings is 1. The van der Waals surface area contributed by atoms with Crippen molar-refractivity contribution in [3.63, 3.8) is 0 Å². The quantitative estimate of drug-likeness (QED) is 0.736. The summed E-state index contributed by atoms with van der Waals surface area (Å²) in [5, 5.41) is 2.81. The maximum absolute atomic E-state index is 13.0. The maximum Gasteiger partial charge on any atom is 0.234 e. The van der Waals surface area contributed by atoms with Gasteiger partial charge in [-0.2, -0.15) is 0 Å². The third kappa shape index (κ3) is 5.11. The first kappa shape index (κ1) is 20.8. The van der Waals surface area contributed by atoms with Gasteiger partial charge in [-0.15, -0.1) is 0 Å². The standard InChI is InChI=1S/C20H27BrN4O3/c1-2-22-18(26)14-23-7-4-8-24(10-9-23)20(28)15-11-19(27)25(13-15)17-6-3-5-16(21)12-17/h3,5-6,12,15H,2,4,7-11,13-14H2,1H3,(H,22,26). The Morgan fingerprint density at radius 2 is 2.04 bits per heavy atom. The summed E-state index contributed by atoms with van der Waals surface area (Å²) in [6.07, 6.45) is 1.09. The Hall–Kier alpha value is -1.93. The van der Waals surface area contributed by atoms with Crippen LogP contribution in [0.3, 0.4) is 0 Å². The third-order valence-electron chi connectivity index (χ3n) is 5.24. The first-order chi connectivity index (χ1) is 13.5. The van der Waals surface area contributed by atoms with E-state index in [1.807, 2.05) is 36.1 Å². The molecule has 1 aromatic rings. The fraction of sp³-hybridized carbons (Fsp3) is 0.550. The molecule has 0 aromatic heterocycles. The second-order valence-corrected chi connectivity index (χ2v) is 8.21. The minimum atomic E-state index is -0.304. The summed E-state index contributed by atoms with van der Waals surface area (Å²) in [6.45, 7) is 6.07. The first-order valence-corrected chi connectivity index (χ1v) is 10.6. The van der Waals surface area contributed by atoms with Crippen LogP contribution < -0.4 is 10.2 Å². The fourth-order valence-corrected chi connectivity index (χ4v) is 4.22. The molecule has 0 aliphatic carbocycles. The lowest BCUT2D eigenvalue weighted by Crippen LogP contribution is -2.41. The van der Waals surface area contributed by atoms with Gasteiger partial charge in [-0.25, -0.2) is 0 Å². The van der Waals surface area contributed by atoms with E-state index < -0.39 is 0 Å². The van der Waals surface area contributed by atoms with Gasteiger partial charge >= 0.3 is 0 Å². The molecular weight excluding hydrogens is 424 g/mol. The molecule has 1 N–H and O–H groups in total. The predicted octanol–water partition coefficient (Wildman–Crippen LogP) is 1.47. The molecule has 0 bridgehead atoms. The van der Waals surface area contributed by atoms with E-state index in [1.54, 1.807) is 4.90 Å². The number of likely N-dealkylation sites (N-methyl/N-ethyl adjacent to an activating group) is 1. The summed E-state index contributed by atoms with van der Waals surface area (Å²) < 4.78 is 0.910. The van der Waals surface area contributed by atoms with Gasteiger partial charge in [-0.05, 0) is 31.5 Å². The van der Waals surface area contributed by atoms with Crippen LogP contribution in [0.25, 0.3) is 0 Å². The molecule has 1 atom stereocenters. The minimum absolute atomic E-state index is 0.0101. The number of hydrogen-bond donors (Lipinski definition) is 1. The van der Waals surface area contributed by atoms with Gasteiger partial charge in [0.15, 0.2) is 0 Å². The zero-order chi connectivity index (χ0) is 20.1. The van der Waals surface area contributed by atoms with Gasteiger partial charge in [0.05, 0.1) is 12.5 Å². The van der Waals surface area contributed by atoms with Crippen molar-refractivity contribution in [2.75, 3.05) is 50.7 Å². The lowest BCUT2D eigenvalue weighted by atomic mass is 10.1. The van der Waals surface area contributed by atoms with E-state index in [9.17, 15) is 14.4 Å². The molecule has 0 radical (unpaired) electrons.